The maximum absolute atomic E-state index is 11.2. The van der Waals surface area contributed by atoms with Gasteiger partial charge in [-0.05, 0) is 49.3 Å². The van der Waals surface area contributed by atoms with Crippen LogP contribution in [0.15, 0.2) is 18.2 Å². The van der Waals surface area contributed by atoms with Gasteiger partial charge in [0, 0.05) is 12.1 Å². The van der Waals surface area contributed by atoms with Crippen molar-refractivity contribution >= 4 is 6.41 Å². The number of nitrogens with zero attached hydrogens (tertiary/aromatic N) is 1. The van der Waals surface area contributed by atoms with Gasteiger partial charge >= 0.3 is 0 Å². The van der Waals surface area contributed by atoms with Gasteiger partial charge in [0.2, 0.25) is 6.41 Å². The number of carbonyl (C=O) groups is 1. The molecule has 3 nitrogen and oxygen atoms in total. The van der Waals surface area contributed by atoms with Crippen LogP contribution in [0, 0.1) is 0 Å². The predicted molar refractivity (Wildman–Crippen MR) is 69.7 cm³/mol. The topological polar surface area (TPSA) is 29.5 Å². The van der Waals surface area contributed by atoms with Crippen LogP contribution < -0.4 is 4.74 Å². The molecule has 0 saturated heterocycles. The summed E-state index contributed by atoms with van der Waals surface area (Å²) in [5.41, 5.74) is 2.68. The van der Waals surface area contributed by atoms with Crippen molar-refractivity contribution < 1.29 is 9.53 Å². The Bertz CT molecular complexity index is 440. The van der Waals surface area contributed by atoms with Crippen molar-refractivity contribution in [2.75, 3.05) is 7.11 Å². The Balaban J connectivity index is 1.84. The molecule has 1 amide bonds. The molecule has 0 radical (unpaired) electrons. The third-order valence-electron chi connectivity index (χ3n) is 4.15. The number of hydrogen-bond acceptors (Lipinski definition) is 2. The third-order valence-corrected chi connectivity index (χ3v) is 4.15. The SMILES string of the molecule is COc1cccc2c1CC(N(C=O)C1CC1)CC2. The number of aryl methyl sites for hydroxylation is 1. The molecule has 0 aromatic heterocycles. The fourth-order valence-electron chi connectivity index (χ4n) is 3.03. The number of ether oxygens (including phenoxy) is 1. The first-order valence-corrected chi connectivity index (χ1v) is 6.71. The molecular weight excluding hydrogens is 226 g/mol. The van der Waals surface area contributed by atoms with Crippen LogP contribution in [0.1, 0.15) is 30.4 Å². The molecule has 0 aliphatic heterocycles. The van der Waals surface area contributed by atoms with Crippen molar-refractivity contribution in [2.24, 2.45) is 0 Å². The maximum atomic E-state index is 11.2. The summed E-state index contributed by atoms with van der Waals surface area (Å²) in [6, 6.07) is 7.11. The zero-order valence-electron chi connectivity index (χ0n) is 10.8. The van der Waals surface area contributed by atoms with Crippen LogP contribution in [0.3, 0.4) is 0 Å². The number of rotatable bonds is 4. The van der Waals surface area contributed by atoms with Crippen molar-refractivity contribution in [2.45, 2.75) is 44.2 Å². The average Bonchev–Trinajstić information content (AvgIpc) is 3.23. The Hall–Kier alpha value is -1.51. The minimum Gasteiger partial charge on any atom is -0.496 e. The maximum Gasteiger partial charge on any atom is 0.210 e. The molecule has 96 valence electrons. The van der Waals surface area contributed by atoms with E-state index < -0.39 is 0 Å². The summed E-state index contributed by atoms with van der Waals surface area (Å²) in [6.45, 7) is 0. The Labute approximate surface area is 108 Å². The van der Waals surface area contributed by atoms with Gasteiger partial charge in [-0.15, -0.1) is 0 Å². The van der Waals surface area contributed by atoms with Crippen LogP contribution in [0.2, 0.25) is 0 Å². The summed E-state index contributed by atoms with van der Waals surface area (Å²) in [4.78, 5) is 13.3. The summed E-state index contributed by atoms with van der Waals surface area (Å²) >= 11 is 0. The molecule has 1 aromatic rings. The van der Waals surface area contributed by atoms with E-state index in [2.05, 4.69) is 12.1 Å². The van der Waals surface area contributed by atoms with E-state index >= 15 is 0 Å². The number of carbonyl (C=O) groups excluding carboxylic acids is 1. The minimum atomic E-state index is 0.360. The molecule has 1 atom stereocenters. The van der Waals surface area contributed by atoms with E-state index in [1.54, 1.807) is 7.11 Å². The van der Waals surface area contributed by atoms with Crippen molar-refractivity contribution in [1.29, 1.82) is 0 Å². The Kier molecular flexibility index (Phi) is 2.98. The number of amides is 1. The zero-order chi connectivity index (χ0) is 12.5. The summed E-state index contributed by atoms with van der Waals surface area (Å²) in [5, 5.41) is 0. The molecule has 1 fully saturated rings. The smallest absolute Gasteiger partial charge is 0.210 e. The standard InChI is InChI=1S/C15H19NO2/c1-18-15-4-2-3-11-5-6-13(9-14(11)15)16(10-17)12-7-8-12/h2-4,10,12-13H,5-9H2,1H3. The van der Waals surface area contributed by atoms with E-state index in [1.807, 2.05) is 11.0 Å². The highest BCUT2D eigenvalue weighted by Crippen LogP contribution is 2.35. The van der Waals surface area contributed by atoms with Crippen LogP contribution in [-0.4, -0.2) is 30.5 Å². The van der Waals surface area contributed by atoms with Crippen LogP contribution in [-0.2, 0) is 17.6 Å². The second-order valence-electron chi connectivity index (χ2n) is 5.28. The number of fused-ring (bicyclic) bond motifs is 1. The van der Waals surface area contributed by atoms with Gasteiger partial charge in [0.15, 0.2) is 0 Å². The molecule has 0 N–H and O–H groups in total. The lowest BCUT2D eigenvalue weighted by atomic mass is 9.87. The molecule has 0 heterocycles. The molecule has 1 unspecified atom stereocenters. The van der Waals surface area contributed by atoms with E-state index in [0.717, 1.165) is 31.4 Å². The fraction of sp³-hybridized carbons (Fsp3) is 0.533. The molecule has 18 heavy (non-hydrogen) atoms. The third kappa shape index (κ3) is 1.98. The van der Waals surface area contributed by atoms with Crippen molar-refractivity contribution in [3.8, 4) is 5.75 Å². The second kappa shape index (κ2) is 4.63. The first kappa shape index (κ1) is 11.6. The van der Waals surface area contributed by atoms with Crippen LogP contribution in [0.5, 0.6) is 5.75 Å². The van der Waals surface area contributed by atoms with Crippen molar-refractivity contribution in [3.05, 3.63) is 29.3 Å². The highest BCUT2D eigenvalue weighted by atomic mass is 16.5. The van der Waals surface area contributed by atoms with Gasteiger partial charge in [-0.25, -0.2) is 0 Å². The molecule has 3 rings (SSSR count). The Morgan fingerprint density at radius 3 is 2.78 bits per heavy atom. The largest absolute Gasteiger partial charge is 0.496 e. The van der Waals surface area contributed by atoms with Crippen molar-refractivity contribution in [1.82, 2.24) is 4.90 Å². The molecule has 0 bridgehead atoms. The van der Waals surface area contributed by atoms with E-state index in [4.69, 9.17) is 4.74 Å². The first-order valence-electron chi connectivity index (χ1n) is 6.71. The Morgan fingerprint density at radius 2 is 2.11 bits per heavy atom. The molecule has 2 aliphatic carbocycles. The van der Waals surface area contributed by atoms with Gasteiger partial charge in [-0.2, -0.15) is 0 Å². The number of methoxy groups -OCH3 is 1. The van der Waals surface area contributed by atoms with E-state index in [1.165, 1.54) is 24.0 Å². The molecule has 0 spiro atoms. The quantitative estimate of drug-likeness (QED) is 0.761. The number of benzene rings is 1. The fourth-order valence-corrected chi connectivity index (χ4v) is 3.03. The van der Waals surface area contributed by atoms with Crippen molar-refractivity contribution in [3.63, 3.8) is 0 Å². The van der Waals surface area contributed by atoms with E-state index in [-0.39, 0.29) is 0 Å². The van der Waals surface area contributed by atoms with Gasteiger partial charge in [-0.1, -0.05) is 12.1 Å². The highest BCUT2D eigenvalue weighted by molar-refractivity contribution is 5.51. The molecule has 1 saturated carbocycles. The lowest BCUT2D eigenvalue weighted by Gasteiger charge is -2.33. The predicted octanol–water partition coefficient (Wildman–Crippen LogP) is 2.17. The van der Waals surface area contributed by atoms with E-state index in [0.29, 0.717) is 12.1 Å². The zero-order valence-corrected chi connectivity index (χ0v) is 10.8. The molecule has 2 aliphatic rings. The highest BCUT2D eigenvalue weighted by Gasteiger charge is 2.35. The molecular formula is C15H19NO2. The summed E-state index contributed by atoms with van der Waals surface area (Å²) < 4.78 is 5.44. The lowest BCUT2D eigenvalue weighted by Crippen LogP contribution is -2.40. The lowest BCUT2D eigenvalue weighted by molar-refractivity contribution is -0.121. The summed E-state index contributed by atoms with van der Waals surface area (Å²) in [7, 11) is 1.72. The average molecular weight is 245 g/mol. The van der Waals surface area contributed by atoms with Gasteiger partial charge in [0.05, 0.1) is 7.11 Å². The van der Waals surface area contributed by atoms with Gasteiger partial charge < -0.3 is 9.64 Å². The minimum absolute atomic E-state index is 0.360. The Morgan fingerprint density at radius 1 is 1.28 bits per heavy atom. The molecule has 1 aromatic carbocycles. The van der Waals surface area contributed by atoms with Crippen LogP contribution >= 0.6 is 0 Å². The van der Waals surface area contributed by atoms with Gasteiger partial charge in [-0.3, -0.25) is 4.79 Å². The van der Waals surface area contributed by atoms with Crippen LogP contribution in [0.4, 0.5) is 0 Å². The monoisotopic (exact) mass is 245 g/mol. The van der Waals surface area contributed by atoms with Gasteiger partial charge in [0.25, 0.3) is 0 Å². The normalized spacial score (nSPS) is 22.2. The summed E-state index contributed by atoms with van der Waals surface area (Å²) in [6.07, 6.45) is 6.46. The van der Waals surface area contributed by atoms with Gasteiger partial charge in [0.1, 0.15) is 5.75 Å². The second-order valence-corrected chi connectivity index (χ2v) is 5.28. The first-order chi connectivity index (χ1) is 8.83. The number of hydrogen-bond donors (Lipinski definition) is 0. The summed E-state index contributed by atoms with van der Waals surface area (Å²) in [5.74, 6) is 0.971. The molecule has 3 heteroatoms. The van der Waals surface area contributed by atoms with E-state index in [9.17, 15) is 4.79 Å². The van der Waals surface area contributed by atoms with Crippen LogP contribution in [0.25, 0.3) is 0 Å².